The van der Waals surface area contributed by atoms with Crippen molar-refractivity contribution in [2.45, 2.75) is 37.8 Å². The smallest absolute Gasteiger partial charge is 0.407 e. The Morgan fingerprint density at radius 2 is 1.76 bits per heavy atom. The van der Waals surface area contributed by atoms with E-state index in [2.05, 4.69) is 5.32 Å². The fourth-order valence-electron chi connectivity index (χ4n) is 4.59. The zero-order chi connectivity index (χ0) is 23.4. The molecule has 2 atom stereocenters. The molecule has 1 aliphatic heterocycles. The number of carbonyl (C=O) groups excluding carboxylic acids is 2. The number of ether oxygens (including phenoxy) is 2. The predicted molar refractivity (Wildman–Crippen MR) is 121 cm³/mol. The Hall–Kier alpha value is -3.39. The number of hydrogen-bond acceptors (Lipinski definition) is 5. The zero-order valence-corrected chi connectivity index (χ0v) is 18.5. The average molecular weight is 453 g/mol. The van der Waals surface area contributed by atoms with E-state index >= 15 is 0 Å². The van der Waals surface area contributed by atoms with Crippen LogP contribution in [0.2, 0.25) is 0 Å². The first-order valence-corrected chi connectivity index (χ1v) is 11.2. The number of amides is 2. The second kappa shape index (κ2) is 10.0. The average Bonchev–Trinajstić information content (AvgIpc) is 2.96. The van der Waals surface area contributed by atoms with E-state index in [4.69, 9.17) is 9.47 Å². The molecular formula is C25H28N2O6. The standard InChI is InChI=1S/C25H28N2O6/c1-16-14-32-12-6-11-27(16)24(30)22(13-23(28)29)26-25(31)33-15-21-19-9-4-2-7-17(19)18-8-3-5-10-20(18)21/h2-5,7-10,16,21-22H,6,11-15H2,1H3,(H,26,31)(H,28,29). The maximum Gasteiger partial charge on any atom is 0.407 e. The third-order valence-corrected chi connectivity index (χ3v) is 6.17. The minimum absolute atomic E-state index is 0.0851. The number of alkyl carbamates (subject to hydrolysis) is 1. The highest BCUT2D eigenvalue weighted by molar-refractivity contribution is 5.89. The molecule has 8 nitrogen and oxygen atoms in total. The van der Waals surface area contributed by atoms with Crippen molar-refractivity contribution in [3.8, 4) is 11.1 Å². The summed E-state index contributed by atoms with van der Waals surface area (Å²) in [6, 6.07) is 14.5. The summed E-state index contributed by atoms with van der Waals surface area (Å²) in [5, 5.41) is 11.8. The molecule has 8 heteroatoms. The largest absolute Gasteiger partial charge is 0.481 e. The van der Waals surface area contributed by atoms with E-state index in [-0.39, 0.29) is 18.6 Å². The molecule has 0 saturated carbocycles. The van der Waals surface area contributed by atoms with E-state index in [0.717, 1.165) is 22.3 Å². The van der Waals surface area contributed by atoms with E-state index < -0.39 is 30.4 Å². The molecule has 2 unspecified atom stereocenters. The van der Waals surface area contributed by atoms with Crippen LogP contribution in [0.15, 0.2) is 48.5 Å². The second-order valence-electron chi connectivity index (χ2n) is 8.43. The van der Waals surface area contributed by atoms with Gasteiger partial charge in [-0.3, -0.25) is 9.59 Å². The van der Waals surface area contributed by atoms with Gasteiger partial charge in [0.15, 0.2) is 0 Å². The summed E-state index contributed by atoms with van der Waals surface area (Å²) in [7, 11) is 0. The topological polar surface area (TPSA) is 105 Å². The van der Waals surface area contributed by atoms with Crippen LogP contribution in [0.1, 0.15) is 36.8 Å². The number of rotatable bonds is 6. The van der Waals surface area contributed by atoms with Gasteiger partial charge < -0.3 is 24.8 Å². The first-order chi connectivity index (χ1) is 16.0. The maximum atomic E-state index is 13.1. The van der Waals surface area contributed by atoms with Crippen molar-refractivity contribution in [1.29, 1.82) is 0 Å². The quantitative estimate of drug-likeness (QED) is 0.698. The van der Waals surface area contributed by atoms with Crippen molar-refractivity contribution in [1.82, 2.24) is 10.2 Å². The Morgan fingerprint density at radius 3 is 2.39 bits per heavy atom. The minimum atomic E-state index is -1.21. The van der Waals surface area contributed by atoms with Gasteiger partial charge in [0.1, 0.15) is 12.6 Å². The molecule has 0 bridgehead atoms. The monoisotopic (exact) mass is 452 g/mol. The van der Waals surface area contributed by atoms with Crippen LogP contribution in [0.25, 0.3) is 11.1 Å². The first kappa shape index (κ1) is 22.8. The highest BCUT2D eigenvalue weighted by Gasteiger charge is 2.33. The molecule has 0 spiro atoms. The molecule has 2 aliphatic rings. The minimum Gasteiger partial charge on any atom is -0.481 e. The summed E-state index contributed by atoms with van der Waals surface area (Å²) in [5.74, 6) is -1.74. The third-order valence-electron chi connectivity index (χ3n) is 6.17. The molecule has 33 heavy (non-hydrogen) atoms. The Labute approximate surface area is 192 Å². The van der Waals surface area contributed by atoms with Crippen molar-refractivity contribution in [3.05, 3.63) is 59.7 Å². The number of carbonyl (C=O) groups is 3. The molecule has 1 fully saturated rings. The van der Waals surface area contributed by atoms with Crippen LogP contribution in [0.4, 0.5) is 4.79 Å². The Morgan fingerprint density at radius 1 is 1.12 bits per heavy atom. The van der Waals surface area contributed by atoms with Crippen LogP contribution in [-0.4, -0.2) is 66.4 Å². The summed E-state index contributed by atoms with van der Waals surface area (Å²) < 4.78 is 11.0. The third kappa shape index (κ3) is 5.01. The Kier molecular flexibility index (Phi) is 6.93. The van der Waals surface area contributed by atoms with Crippen LogP contribution in [0.5, 0.6) is 0 Å². The van der Waals surface area contributed by atoms with E-state index in [1.807, 2.05) is 55.5 Å². The first-order valence-electron chi connectivity index (χ1n) is 11.2. The van der Waals surface area contributed by atoms with Crippen molar-refractivity contribution < 1.29 is 29.0 Å². The van der Waals surface area contributed by atoms with Gasteiger partial charge in [-0.25, -0.2) is 4.79 Å². The SMILES string of the molecule is CC1COCCCN1C(=O)C(CC(=O)O)NC(=O)OCC1c2ccccc2-c2ccccc21. The number of nitrogens with zero attached hydrogens (tertiary/aromatic N) is 1. The molecule has 2 aromatic rings. The molecule has 2 amide bonds. The highest BCUT2D eigenvalue weighted by atomic mass is 16.5. The molecule has 1 heterocycles. The maximum absolute atomic E-state index is 13.1. The fraction of sp³-hybridized carbons (Fsp3) is 0.400. The Balaban J connectivity index is 1.44. The van der Waals surface area contributed by atoms with Crippen LogP contribution in [-0.2, 0) is 19.1 Å². The lowest BCUT2D eigenvalue weighted by Crippen LogP contribution is -2.52. The van der Waals surface area contributed by atoms with E-state index in [0.29, 0.717) is 26.2 Å². The van der Waals surface area contributed by atoms with Crippen molar-refractivity contribution in [2.75, 3.05) is 26.4 Å². The van der Waals surface area contributed by atoms with Gasteiger partial charge in [0, 0.05) is 19.1 Å². The van der Waals surface area contributed by atoms with Gasteiger partial charge >= 0.3 is 12.1 Å². The molecule has 1 aliphatic carbocycles. The van der Waals surface area contributed by atoms with Gasteiger partial charge in [0.25, 0.3) is 0 Å². The zero-order valence-electron chi connectivity index (χ0n) is 18.5. The number of aliphatic carboxylic acids is 1. The molecule has 1 saturated heterocycles. The second-order valence-corrected chi connectivity index (χ2v) is 8.43. The fourth-order valence-corrected chi connectivity index (χ4v) is 4.59. The van der Waals surface area contributed by atoms with Gasteiger partial charge in [0.2, 0.25) is 5.91 Å². The van der Waals surface area contributed by atoms with Crippen LogP contribution >= 0.6 is 0 Å². The number of benzene rings is 2. The number of fused-ring (bicyclic) bond motifs is 3. The van der Waals surface area contributed by atoms with Gasteiger partial charge in [0.05, 0.1) is 19.1 Å². The van der Waals surface area contributed by atoms with Crippen LogP contribution in [0.3, 0.4) is 0 Å². The predicted octanol–water partition coefficient (Wildman–Crippen LogP) is 3.01. The van der Waals surface area contributed by atoms with Crippen molar-refractivity contribution in [2.24, 2.45) is 0 Å². The lowest BCUT2D eigenvalue weighted by atomic mass is 9.98. The summed E-state index contributed by atoms with van der Waals surface area (Å²) in [4.78, 5) is 38.6. The number of carboxylic acids is 1. The van der Waals surface area contributed by atoms with Crippen LogP contribution in [0, 0.1) is 0 Å². The lowest BCUT2D eigenvalue weighted by molar-refractivity contribution is -0.143. The summed E-state index contributed by atoms with van der Waals surface area (Å²) in [6.45, 7) is 3.28. The van der Waals surface area contributed by atoms with Crippen molar-refractivity contribution >= 4 is 18.0 Å². The molecule has 0 radical (unpaired) electrons. The van der Waals surface area contributed by atoms with Crippen LogP contribution < -0.4 is 5.32 Å². The molecular weight excluding hydrogens is 424 g/mol. The summed E-state index contributed by atoms with van der Waals surface area (Å²) >= 11 is 0. The van der Waals surface area contributed by atoms with Gasteiger partial charge in [-0.1, -0.05) is 48.5 Å². The molecule has 4 rings (SSSR count). The van der Waals surface area contributed by atoms with Gasteiger partial charge in [-0.15, -0.1) is 0 Å². The summed E-state index contributed by atoms with van der Waals surface area (Å²) in [5.41, 5.74) is 4.36. The molecule has 2 N–H and O–H groups in total. The highest BCUT2D eigenvalue weighted by Crippen LogP contribution is 2.44. The van der Waals surface area contributed by atoms with Gasteiger partial charge in [-0.2, -0.15) is 0 Å². The van der Waals surface area contributed by atoms with E-state index in [1.54, 1.807) is 4.90 Å². The summed E-state index contributed by atoms with van der Waals surface area (Å²) in [6.07, 6.45) is -0.677. The van der Waals surface area contributed by atoms with Crippen molar-refractivity contribution in [3.63, 3.8) is 0 Å². The number of nitrogens with one attached hydrogen (secondary N) is 1. The van der Waals surface area contributed by atoms with Gasteiger partial charge in [-0.05, 0) is 35.6 Å². The molecule has 2 aromatic carbocycles. The van der Waals surface area contributed by atoms with E-state index in [1.165, 1.54) is 0 Å². The molecule has 0 aromatic heterocycles. The van der Waals surface area contributed by atoms with E-state index in [9.17, 15) is 19.5 Å². The number of hydrogen-bond donors (Lipinski definition) is 2. The lowest BCUT2D eigenvalue weighted by Gasteiger charge is -2.30. The normalized spacial score (nSPS) is 18.6. The number of carboxylic acid groups (broad SMARTS) is 1. The molecule has 174 valence electrons. The Bertz CT molecular complexity index is 994.